The monoisotopic (exact) mass is 376 g/mol. The van der Waals surface area contributed by atoms with Gasteiger partial charge in [-0.15, -0.1) is 0 Å². The van der Waals surface area contributed by atoms with Crippen molar-refractivity contribution in [1.82, 2.24) is 0 Å². The first-order chi connectivity index (χ1) is 14.2. The summed E-state index contributed by atoms with van der Waals surface area (Å²) in [6.45, 7) is 4.55. The average Bonchev–Trinajstić information content (AvgIpc) is 2.73. The van der Waals surface area contributed by atoms with Crippen LogP contribution in [-0.2, 0) is 6.42 Å². The van der Waals surface area contributed by atoms with Crippen LogP contribution in [-0.4, -0.2) is 0 Å². The lowest BCUT2D eigenvalue weighted by atomic mass is 9.94. The van der Waals surface area contributed by atoms with Gasteiger partial charge in [-0.3, -0.25) is 0 Å². The molecule has 0 aliphatic rings. The van der Waals surface area contributed by atoms with Gasteiger partial charge in [-0.05, 0) is 110 Å². The highest BCUT2D eigenvalue weighted by Crippen LogP contribution is 2.31. The summed E-state index contributed by atoms with van der Waals surface area (Å²) in [5.41, 5.74) is 2.94. The highest BCUT2D eigenvalue weighted by Gasteiger charge is 2.06. The first kappa shape index (κ1) is 18.2. The van der Waals surface area contributed by atoms with Gasteiger partial charge in [0.2, 0.25) is 0 Å². The number of hydrogen-bond acceptors (Lipinski definition) is 0. The molecule has 0 heteroatoms. The van der Waals surface area contributed by atoms with Gasteiger partial charge in [0.15, 0.2) is 0 Å². The second kappa shape index (κ2) is 7.52. The minimum atomic E-state index is 1.20. The van der Waals surface area contributed by atoms with Crippen molar-refractivity contribution >= 4 is 43.1 Å². The fraction of sp³-hybridized carbons (Fsp3) is 0.241. The molecule has 0 saturated heterocycles. The molecule has 0 N–H and O–H groups in total. The largest absolute Gasteiger partial charge is 0.0654 e. The maximum atomic E-state index is 2.43. The van der Waals surface area contributed by atoms with Gasteiger partial charge in [-0.25, -0.2) is 0 Å². The van der Waals surface area contributed by atoms with Crippen molar-refractivity contribution in [3.05, 3.63) is 83.9 Å². The predicted molar refractivity (Wildman–Crippen MR) is 129 cm³/mol. The number of rotatable bonds is 5. The van der Waals surface area contributed by atoms with Gasteiger partial charge < -0.3 is 0 Å². The first-order valence-corrected chi connectivity index (χ1v) is 11.0. The van der Waals surface area contributed by atoms with E-state index in [0.29, 0.717) is 0 Å². The predicted octanol–water partition coefficient (Wildman–Crippen LogP) is 8.73. The molecule has 0 aromatic heterocycles. The zero-order chi connectivity index (χ0) is 19.8. The molecule has 0 spiro atoms. The third-order valence-corrected chi connectivity index (χ3v) is 6.37. The SMILES string of the molecule is CCCCCCc1cc2cc3cc4cc5ccccc5cc4cc3cc2cc1C. The Balaban J connectivity index is 1.62. The molecule has 0 atom stereocenters. The van der Waals surface area contributed by atoms with Crippen molar-refractivity contribution < 1.29 is 0 Å². The van der Waals surface area contributed by atoms with Crippen molar-refractivity contribution in [3.63, 3.8) is 0 Å². The number of aryl methyl sites for hydroxylation is 2. The average molecular weight is 377 g/mol. The molecule has 0 radical (unpaired) electrons. The van der Waals surface area contributed by atoms with E-state index in [-0.39, 0.29) is 0 Å². The molecule has 0 aliphatic carbocycles. The van der Waals surface area contributed by atoms with E-state index in [1.807, 2.05) is 0 Å². The van der Waals surface area contributed by atoms with Crippen LogP contribution in [0.2, 0.25) is 0 Å². The molecule has 0 fully saturated rings. The van der Waals surface area contributed by atoms with Gasteiger partial charge in [-0.2, -0.15) is 0 Å². The second-order valence-corrected chi connectivity index (χ2v) is 8.53. The molecule has 0 bridgehead atoms. The highest BCUT2D eigenvalue weighted by atomic mass is 14.1. The Labute approximate surface area is 173 Å². The third kappa shape index (κ3) is 3.49. The quantitative estimate of drug-likeness (QED) is 0.212. The van der Waals surface area contributed by atoms with E-state index in [9.17, 15) is 0 Å². The summed E-state index contributed by atoms with van der Waals surface area (Å²) in [5.74, 6) is 0. The molecule has 5 rings (SSSR count). The number of unbranched alkanes of at least 4 members (excludes halogenated alkanes) is 3. The molecule has 0 heterocycles. The van der Waals surface area contributed by atoms with E-state index in [4.69, 9.17) is 0 Å². The highest BCUT2D eigenvalue weighted by molar-refractivity contribution is 6.08. The van der Waals surface area contributed by atoms with Crippen molar-refractivity contribution in [2.45, 2.75) is 46.0 Å². The van der Waals surface area contributed by atoms with Crippen LogP contribution in [0.15, 0.2) is 72.8 Å². The van der Waals surface area contributed by atoms with Crippen molar-refractivity contribution in [1.29, 1.82) is 0 Å². The molecule has 144 valence electrons. The van der Waals surface area contributed by atoms with E-state index in [1.165, 1.54) is 86.3 Å². The Morgan fingerprint density at radius 1 is 0.517 bits per heavy atom. The molecule has 0 nitrogen and oxygen atoms in total. The fourth-order valence-corrected chi connectivity index (χ4v) is 4.67. The minimum Gasteiger partial charge on any atom is -0.0654 e. The number of fused-ring (bicyclic) bond motifs is 4. The molecule has 5 aromatic carbocycles. The second-order valence-electron chi connectivity index (χ2n) is 8.53. The molecule has 0 unspecified atom stereocenters. The summed E-state index contributed by atoms with van der Waals surface area (Å²) >= 11 is 0. The zero-order valence-electron chi connectivity index (χ0n) is 17.5. The van der Waals surface area contributed by atoms with Crippen LogP contribution in [0.25, 0.3) is 43.1 Å². The molecular formula is C29H28. The van der Waals surface area contributed by atoms with Crippen molar-refractivity contribution in [3.8, 4) is 0 Å². The summed E-state index contributed by atoms with van der Waals surface area (Å²) in [6.07, 6.45) is 6.48. The van der Waals surface area contributed by atoms with Gasteiger partial charge in [0.1, 0.15) is 0 Å². The standard InChI is InChI=1S/C29H28/c1-3-4-5-6-9-21-13-25-17-29-19-27-15-23-11-8-7-10-22(23)14-26(27)18-28(29)16-24(25)12-20(21)2/h7-8,10-19H,3-6,9H2,1-2H3. The van der Waals surface area contributed by atoms with Crippen LogP contribution in [0.4, 0.5) is 0 Å². The Morgan fingerprint density at radius 2 is 1.00 bits per heavy atom. The maximum Gasteiger partial charge on any atom is -0.0171 e. The van der Waals surface area contributed by atoms with Crippen LogP contribution < -0.4 is 0 Å². The molecule has 0 amide bonds. The fourth-order valence-electron chi connectivity index (χ4n) is 4.67. The van der Waals surface area contributed by atoms with Crippen LogP contribution in [0, 0.1) is 6.92 Å². The molecule has 0 aliphatic heterocycles. The van der Waals surface area contributed by atoms with Crippen LogP contribution in [0.1, 0.15) is 43.7 Å². The Morgan fingerprint density at radius 3 is 1.55 bits per heavy atom. The first-order valence-electron chi connectivity index (χ1n) is 11.0. The van der Waals surface area contributed by atoms with Gasteiger partial charge in [0.25, 0.3) is 0 Å². The lowest BCUT2D eigenvalue weighted by Crippen LogP contribution is -1.91. The van der Waals surface area contributed by atoms with Crippen LogP contribution in [0.3, 0.4) is 0 Å². The van der Waals surface area contributed by atoms with Crippen molar-refractivity contribution in [2.24, 2.45) is 0 Å². The van der Waals surface area contributed by atoms with E-state index in [0.717, 1.165) is 0 Å². The van der Waals surface area contributed by atoms with Gasteiger partial charge in [0.05, 0.1) is 0 Å². The third-order valence-electron chi connectivity index (χ3n) is 6.37. The molecular weight excluding hydrogens is 348 g/mol. The Hall–Kier alpha value is -2.86. The summed E-state index contributed by atoms with van der Waals surface area (Å²) in [4.78, 5) is 0. The molecule has 0 saturated carbocycles. The lowest BCUT2D eigenvalue weighted by molar-refractivity contribution is 0.666. The summed E-state index contributed by atoms with van der Waals surface area (Å²) in [7, 11) is 0. The summed E-state index contributed by atoms with van der Waals surface area (Å²) in [6, 6.07) is 27.6. The van der Waals surface area contributed by atoms with E-state index in [2.05, 4.69) is 86.6 Å². The lowest BCUT2D eigenvalue weighted by Gasteiger charge is -2.11. The van der Waals surface area contributed by atoms with Gasteiger partial charge >= 0.3 is 0 Å². The molecule has 29 heavy (non-hydrogen) atoms. The minimum absolute atomic E-state index is 1.20. The Kier molecular flexibility index (Phi) is 4.72. The van der Waals surface area contributed by atoms with Crippen LogP contribution >= 0.6 is 0 Å². The maximum absolute atomic E-state index is 2.43. The normalized spacial score (nSPS) is 11.8. The van der Waals surface area contributed by atoms with Gasteiger partial charge in [-0.1, -0.05) is 62.6 Å². The van der Waals surface area contributed by atoms with E-state index in [1.54, 1.807) is 0 Å². The van der Waals surface area contributed by atoms with Crippen molar-refractivity contribution in [2.75, 3.05) is 0 Å². The molecule has 5 aromatic rings. The zero-order valence-corrected chi connectivity index (χ0v) is 17.5. The van der Waals surface area contributed by atoms with Crippen LogP contribution in [0.5, 0.6) is 0 Å². The number of hydrogen-bond donors (Lipinski definition) is 0. The summed E-state index contributed by atoms with van der Waals surface area (Å²) < 4.78 is 0. The smallest absolute Gasteiger partial charge is 0.0171 e. The topological polar surface area (TPSA) is 0 Å². The summed E-state index contributed by atoms with van der Waals surface area (Å²) in [5, 5.41) is 10.6. The number of benzene rings is 5. The van der Waals surface area contributed by atoms with E-state index < -0.39 is 0 Å². The van der Waals surface area contributed by atoms with E-state index >= 15 is 0 Å². The van der Waals surface area contributed by atoms with Gasteiger partial charge in [0, 0.05) is 0 Å². The Bertz CT molecular complexity index is 1340.